The fourth-order valence-corrected chi connectivity index (χ4v) is 5.80. The molecule has 1 N–H and O–H groups in total. The van der Waals surface area contributed by atoms with E-state index >= 15 is 0 Å². The Balaban J connectivity index is 1.54. The van der Waals surface area contributed by atoms with Crippen molar-refractivity contribution in [3.05, 3.63) is 58.9 Å². The zero-order valence-electron chi connectivity index (χ0n) is 17.8. The Bertz CT molecular complexity index is 1080. The molecule has 168 valence electrons. The maximum atomic E-state index is 13.1. The van der Waals surface area contributed by atoms with Gasteiger partial charge in [0.15, 0.2) is 0 Å². The largest absolute Gasteiger partial charge is 0.487 e. The summed E-state index contributed by atoms with van der Waals surface area (Å²) in [7, 11) is -3.83. The second-order valence-corrected chi connectivity index (χ2v) is 11.1. The average Bonchev–Trinajstić information content (AvgIpc) is 3.20. The van der Waals surface area contributed by atoms with E-state index in [9.17, 15) is 12.8 Å². The second kappa shape index (κ2) is 8.03. The average molecular weight is 468 g/mol. The summed E-state index contributed by atoms with van der Waals surface area (Å²) < 4.78 is 53.8. The van der Waals surface area contributed by atoms with Gasteiger partial charge in [-0.2, -0.15) is 0 Å². The van der Waals surface area contributed by atoms with Gasteiger partial charge in [0.1, 0.15) is 23.3 Å². The van der Waals surface area contributed by atoms with E-state index in [-0.39, 0.29) is 28.7 Å². The van der Waals surface area contributed by atoms with Crippen molar-refractivity contribution in [3.63, 3.8) is 0 Å². The highest BCUT2D eigenvalue weighted by molar-refractivity contribution is 7.89. The molecule has 4 rings (SSSR count). The third kappa shape index (κ3) is 4.21. The molecule has 2 aromatic rings. The first kappa shape index (κ1) is 22.5. The molecule has 0 aliphatic carbocycles. The van der Waals surface area contributed by atoms with Crippen molar-refractivity contribution in [3.8, 4) is 5.75 Å². The van der Waals surface area contributed by atoms with Crippen molar-refractivity contribution in [2.24, 2.45) is 5.92 Å². The van der Waals surface area contributed by atoms with Crippen LogP contribution in [0.15, 0.2) is 47.4 Å². The Kier molecular flexibility index (Phi) is 5.83. The predicted octanol–water partition coefficient (Wildman–Crippen LogP) is 5.07. The molecule has 0 amide bonds. The number of sulfonamides is 1. The van der Waals surface area contributed by atoms with Crippen molar-refractivity contribution in [2.75, 3.05) is 0 Å². The summed E-state index contributed by atoms with van der Waals surface area (Å²) in [6.45, 7) is 6.37. The monoisotopic (exact) mass is 467 g/mol. The van der Waals surface area contributed by atoms with Crippen LogP contribution < -0.4 is 9.46 Å². The fraction of sp³-hybridized carbons (Fsp3) is 0.478. The molecule has 0 aromatic heterocycles. The van der Waals surface area contributed by atoms with Crippen LogP contribution in [0.4, 0.5) is 4.39 Å². The van der Waals surface area contributed by atoms with E-state index in [1.165, 1.54) is 12.1 Å². The number of fused-ring (bicyclic) bond motifs is 2. The zero-order chi connectivity index (χ0) is 22.4. The van der Waals surface area contributed by atoms with Gasteiger partial charge in [-0.05, 0) is 62.1 Å². The quantitative estimate of drug-likeness (QED) is 0.617. The van der Waals surface area contributed by atoms with Gasteiger partial charge < -0.3 is 9.47 Å². The van der Waals surface area contributed by atoms with Crippen molar-refractivity contribution in [1.29, 1.82) is 0 Å². The lowest BCUT2D eigenvalue weighted by atomic mass is 9.75. The highest BCUT2D eigenvalue weighted by atomic mass is 35.5. The molecule has 2 fully saturated rings. The Morgan fingerprint density at radius 2 is 1.94 bits per heavy atom. The predicted molar refractivity (Wildman–Crippen MR) is 117 cm³/mol. The smallest absolute Gasteiger partial charge is 0.240 e. The molecule has 2 bridgehead atoms. The first-order chi connectivity index (χ1) is 14.5. The zero-order valence-corrected chi connectivity index (χ0v) is 19.4. The van der Waals surface area contributed by atoms with E-state index in [1.54, 1.807) is 18.2 Å². The maximum Gasteiger partial charge on any atom is 0.240 e. The maximum absolute atomic E-state index is 13.1. The fourth-order valence-electron chi connectivity index (χ4n) is 4.57. The van der Waals surface area contributed by atoms with E-state index in [0.29, 0.717) is 22.3 Å². The summed E-state index contributed by atoms with van der Waals surface area (Å²) in [5, 5.41) is 0.409. The van der Waals surface area contributed by atoms with Gasteiger partial charge in [0.25, 0.3) is 0 Å². The molecular weight excluding hydrogens is 441 g/mol. The third-order valence-electron chi connectivity index (χ3n) is 6.65. The molecule has 8 heteroatoms. The topological polar surface area (TPSA) is 64.6 Å². The molecule has 3 unspecified atom stereocenters. The normalized spacial score (nSPS) is 27.7. The van der Waals surface area contributed by atoms with Crippen LogP contribution in [-0.4, -0.2) is 25.7 Å². The van der Waals surface area contributed by atoms with Crippen LogP contribution >= 0.6 is 11.6 Å². The highest BCUT2D eigenvalue weighted by Gasteiger charge is 2.61. The van der Waals surface area contributed by atoms with Crippen molar-refractivity contribution < 1.29 is 22.3 Å². The molecule has 0 saturated carbocycles. The second-order valence-electron chi connectivity index (χ2n) is 8.94. The van der Waals surface area contributed by atoms with Crippen LogP contribution in [0.2, 0.25) is 5.02 Å². The third-order valence-corrected chi connectivity index (χ3v) is 8.42. The highest BCUT2D eigenvalue weighted by Crippen LogP contribution is 2.55. The van der Waals surface area contributed by atoms with E-state index < -0.39 is 15.8 Å². The van der Waals surface area contributed by atoms with Crippen LogP contribution in [0, 0.1) is 11.7 Å². The van der Waals surface area contributed by atoms with Crippen molar-refractivity contribution >= 4 is 21.6 Å². The standard InChI is InChI=1S/C23H27ClFNO4S/c1-15(2)23-12-11-22(3,30-23)21(13-23)29-20-6-4-5-19(24)18(20)14-26-31(27,28)17-9-7-16(25)8-10-17/h4-10,15,21,26H,11-14H2,1-3H3. The van der Waals surface area contributed by atoms with Gasteiger partial charge in [-0.1, -0.05) is 31.5 Å². The van der Waals surface area contributed by atoms with E-state index in [1.807, 2.05) is 0 Å². The Hall–Kier alpha value is -1.67. The van der Waals surface area contributed by atoms with Crippen LogP contribution in [0.25, 0.3) is 0 Å². The summed E-state index contributed by atoms with van der Waals surface area (Å²) in [5.41, 5.74) is -0.000360. The molecule has 31 heavy (non-hydrogen) atoms. The Labute approximate surface area is 187 Å². The van der Waals surface area contributed by atoms with Gasteiger partial charge in [-0.25, -0.2) is 17.5 Å². The van der Waals surface area contributed by atoms with Gasteiger partial charge in [0.2, 0.25) is 10.0 Å². The van der Waals surface area contributed by atoms with E-state index in [4.69, 9.17) is 21.1 Å². The Morgan fingerprint density at radius 1 is 1.23 bits per heavy atom. The summed E-state index contributed by atoms with van der Waals surface area (Å²) in [5.74, 6) is 0.418. The van der Waals surface area contributed by atoms with E-state index in [0.717, 1.165) is 31.4 Å². The molecule has 2 saturated heterocycles. The number of hydrogen-bond donors (Lipinski definition) is 1. The lowest BCUT2D eigenvalue weighted by Gasteiger charge is -2.32. The van der Waals surface area contributed by atoms with Crippen molar-refractivity contribution in [1.82, 2.24) is 4.72 Å². The summed E-state index contributed by atoms with van der Waals surface area (Å²) in [6, 6.07) is 9.94. The summed E-state index contributed by atoms with van der Waals surface area (Å²) in [6.07, 6.45) is 2.58. The van der Waals surface area contributed by atoms with Gasteiger partial charge in [0, 0.05) is 23.6 Å². The minimum atomic E-state index is -3.83. The van der Waals surface area contributed by atoms with Crippen LogP contribution in [-0.2, 0) is 21.3 Å². The molecule has 3 atom stereocenters. The van der Waals surface area contributed by atoms with Crippen molar-refractivity contribution in [2.45, 2.75) is 68.8 Å². The lowest BCUT2D eigenvalue weighted by molar-refractivity contribution is -0.0770. The van der Waals surface area contributed by atoms with Crippen LogP contribution in [0.5, 0.6) is 5.75 Å². The number of halogens is 2. The molecule has 2 aliphatic rings. The SMILES string of the molecule is CC(C)C12CCC(C)(O1)C(Oc1cccc(Cl)c1CNS(=O)(=O)c1ccc(F)cc1)C2. The number of benzene rings is 2. The lowest BCUT2D eigenvalue weighted by Crippen LogP contribution is -2.40. The van der Waals surface area contributed by atoms with Gasteiger partial charge >= 0.3 is 0 Å². The van der Waals surface area contributed by atoms with Crippen LogP contribution in [0.1, 0.15) is 45.6 Å². The molecule has 2 aliphatic heterocycles. The molecule has 2 heterocycles. The minimum absolute atomic E-state index is 0.0173. The van der Waals surface area contributed by atoms with E-state index in [2.05, 4.69) is 25.5 Å². The molecule has 5 nitrogen and oxygen atoms in total. The summed E-state index contributed by atoms with van der Waals surface area (Å²) >= 11 is 6.41. The number of ether oxygens (including phenoxy) is 2. The Morgan fingerprint density at radius 3 is 2.58 bits per heavy atom. The number of rotatable bonds is 7. The molecular formula is C23H27ClFNO4S. The number of nitrogens with one attached hydrogen (secondary N) is 1. The molecule has 2 aromatic carbocycles. The van der Waals surface area contributed by atoms with Gasteiger partial charge in [-0.15, -0.1) is 0 Å². The number of hydrogen-bond acceptors (Lipinski definition) is 4. The minimum Gasteiger partial charge on any atom is -0.487 e. The molecule has 0 radical (unpaired) electrons. The first-order valence-corrected chi connectivity index (χ1v) is 12.3. The first-order valence-electron chi connectivity index (χ1n) is 10.4. The molecule has 0 spiro atoms. The van der Waals surface area contributed by atoms with Crippen LogP contribution in [0.3, 0.4) is 0 Å². The summed E-state index contributed by atoms with van der Waals surface area (Å²) in [4.78, 5) is -0.0173. The van der Waals surface area contributed by atoms with Gasteiger partial charge in [0.05, 0.1) is 10.5 Å². The van der Waals surface area contributed by atoms with Gasteiger partial charge in [-0.3, -0.25) is 0 Å².